The highest BCUT2D eigenvalue weighted by atomic mass is 16.5. The number of aliphatic imine (C=N–C) groups is 1. The van der Waals surface area contributed by atoms with Gasteiger partial charge in [0, 0.05) is 31.2 Å². The quantitative estimate of drug-likeness (QED) is 0.139. The minimum atomic E-state index is -0.935. The maximum Gasteiger partial charge on any atom is 0.196 e. The third kappa shape index (κ3) is 6.66. The molecule has 0 amide bonds. The fourth-order valence-corrected chi connectivity index (χ4v) is 8.24. The maximum absolute atomic E-state index is 11.3. The van der Waals surface area contributed by atoms with Gasteiger partial charge in [0.05, 0.1) is 24.0 Å². The minimum absolute atomic E-state index is 0.0118. The molecule has 244 valence electrons. The summed E-state index contributed by atoms with van der Waals surface area (Å²) in [5, 5.41) is 44.9. The first-order valence-electron chi connectivity index (χ1n) is 17.0. The van der Waals surface area contributed by atoms with Crippen LogP contribution in [0.2, 0.25) is 0 Å². The Bertz CT molecular complexity index is 1320. The highest BCUT2D eigenvalue weighted by molar-refractivity contribution is 6.07. The van der Waals surface area contributed by atoms with Gasteiger partial charge in [-0.2, -0.15) is 12.0 Å². The number of phenols is 1. The van der Waals surface area contributed by atoms with E-state index < -0.39 is 12.2 Å². The van der Waals surface area contributed by atoms with Crippen molar-refractivity contribution < 1.29 is 29.9 Å². The van der Waals surface area contributed by atoms with Crippen molar-refractivity contribution in [3.63, 3.8) is 0 Å². The standard InChI is InChI=1S/C37H50N2O6/c1-3-4-7-34-26(21-40)17-28(45-34)10-8-24-9-11-32(42)35(15-24)44-22-33(43)31-18-29-30(20-38-19-23(2)41)37-13-5-6-27(37)16-25(12-14-37)36(29)39-31/h9,11-12,14-15,17-18,23,25,27,30,33-34,38,40-43H,3-8,10,13,16,19-22H2,1-2H3. The van der Waals surface area contributed by atoms with Crippen LogP contribution in [0.15, 0.2) is 58.8 Å². The Morgan fingerprint density at radius 2 is 2.13 bits per heavy atom. The van der Waals surface area contributed by atoms with E-state index in [-0.39, 0.29) is 42.3 Å². The molecule has 2 saturated carbocycles. The Morgan fingerprint density at radius 1 is 1.27 bits per heavy atom. The topological polar surface area (TPSA) is 124 Å². The zero-order chi connectivity index (χ0) is 31.6. The van der Waals surface area contributed by atoms with Gasteiger partial charge in [0.2, 0.25) is 0 Å². The van der Waals surface area contributed by atoms with Crippen LogP contribution in [0.4, 0.5) is 0 Å². The van der Waals surface area contributed by atoms with Gasteiger partial charge in [0.1, 0.15) is 12.2 Å². The first-order chi connectivity index (χ1) is 21.8. The largest absolute Gasteiger partial charge is 0.592 e. The summed E-state index contributed by atoms with van der Waals surface area (Å²) < 4.78 is 12.1. The smallest absolute Gasteiger partial charge is 0.196 e. The first kappa shape index (κ1) is 32.0. The average molecular weight is 619 g/mol. The summed E-state index contributed by atoms with van der Waals surface area (Å²) in [6.07, 6.45) is 16.7. The van der Waals surface area contributed by atoms with Gasteiger partial charge in [-0.15, -0.1) is 4.99 Å². The summed E-state index contributed by atoms with van der Waals surface area (Å²) in [4.78, 5) is 5.01. The van der Waals surface area contributed by atoms with Crippen LogP contribution in [-0.4, -0.2) is 70.8 Å². The summed E-state index contributed by atoms with van der Waals surface area (Å²) in [6.45, 7) is 5.26. The molecule has 1 spiro atoms. The third-order valence-electron chi connectivity index (χ3n) is 10.6. The van der Waals surface area contributed by atoms with Gasteiger partial charge in [-0.1, -0.05) is 56.6 Å². The predicted molar refractivity (Wildman–Crippen MR) is 175 cm³/mol. The molecule has 7 unspecified atom stereocenters. The molecule has 2 fully saturated rings. The number of rotatable bonds is 15. The van der Waals surface area contributed by atoms with Crippen LogP contribution >= 0.6 is 0 Å². The SMILES string of the molecule is CCCCC1OC(CCc2ccc(O)c(OCC(O)[C+]3C=C4C(=N3)C3C=CC5(CCCC5C3)C4CNCC(C)O)c2)=C[C-]1CO. The van der Waals surface area contributed by atoms with Gasteiger partial charge in [-0.05, 0) is 62.6 Å². The molecule has 45 heavy (non-hydrogen) atoms. The molecular formula is C37H50N2O6. The van der Waals surface area contributed by atoms with Crippen molar-refractivity contribution >= 4 is 5.71 Å². The summed E-state index contributed by atoms with van der Waals surface area (Å²) >= 11 is 0. The summed E-state index contributed by atoms with van der Waals surface area (Å²) in [6, 6.07) is 5.94. The number of aryl methyl sites for hydroxylation is 1. The molecule has 8 heteroatoms. The number of nitrogens with zero attached hydrogens (tertiary/aromatic N) is 1. The van der Waals surface area contributed by atoms with Crippen LogP contribution in [-0.2, 0) is 11.2 Å². The lowest BCUT2D eigenvalue weighted by atomic mass is 9.64. The number of aliphatic hydroxyl groups is 3. The van der Waals surface area contributed by atoms with Crippen LogP contribution in [0.1, 0.15) is 70.8 Å². The van der Waals surface area contributed by atoms with Gasteiger partial charge in [-0.25, -0.2) is 0 Å². The van der Waals surface area contributed by atoms with Crippen molar-refractivity contribution in [3.8, 4) is 11.5 Å². The number of unbranched alkanes of at least 4 members (excludes halogenated alkanes) is 1. The summed E-state index contributed by atoms with van der Waals surface area (Å²) in [5.41, 5.74) is 3.38. The van der Waals surface area contributed by atoms with Crippen molar-refractivity contribution in [3.05, 3.63) is 71.4 Å². The summed E-state index contributed by atoms with van der Waals surface area (Å²) in [5.74, 6) is 3.31. The lowest BCUT2D eigenvalue weighted by Gasteiger charge is -2.39. The Morgan fingerprint density at radius 3 is 2.93 bits per heavy atom. The Kier molecular flexibility index (Phi) is 9.85. The van der Waals surface area contributed by atoms with Gasteiger partial charge < -0.3 is 35.2 Å². The Balaban J connectivity index is 1.09. The second-order valence-corrected chi connectivity index (χ2v) is 13.7. The number of nitrogens with one attached hydrogen (secondary N) is 1. The molecule has 7 atom stereocenters. The van der Waals surface area contributed by atoms with Gasteiger partial charge >= 0.3 is 0 Å². The number of phenolic OH excluding ortho intramolecular Hbond substituents is 1. The van der Waals surface area contributed by atoms with Crippen molar-refractivity contribution in [1.29, 1.82) is 0 Å². The fraction of sp³-hybridized carbons (Fsp3) is 0.595. The summed E-state index contributed by atoms with van der Waals surface area (Å²) in [7, 11) is 0. The van der Waals surface area contributed by atoms with E-state index in [9.17, 15) is 20.4 Å². The molecule has 2 bridgehead atoms. The third-order valence-corrected chi connectivity index (χ3v) is 10.6. The number of hydrogen-bond donors (Lipinski definition) is 5. The first-order valence-corrected chi connectivity index (χ1v) is 17.0. The van der Waals surface area contributed by atoms with Crippen LogP contribution in [0.5, 0.6) is 11.5 Å². The highest BCUT2D eigenvalue weighted by Gasteiger charge is 2.59. The lowest BCUT2D eigenvalue weighted by Crippen LogP contribution is -2.41. The molecule has 1 aromatic carbocycles. The van der Waals surface area contributed by atoms with Gasteiger partial charge in [-0.3, -0.25) is 0 Å². The van der Waals surface area contributed by atoms with Crippen LogP contribution in [0, 0.1) is 35.1 Å². The van der Waals surface area contributed by atoms with Crippen molar-refractivity contribution in [2.24, 2.45) is 28.2 Å². The monoisotopic (exact) mass is 618 g/mol. The van der Waals surface area contributed by atoms with Crippen molar-refractivity contribution in [2.75, 3.05) is 26.3 Å². The fourth-order valence-electron chi connectivity index (χ4n) is 8.24. The van der Waals surface area contributed by atoms with Gasteiger partial charge in [0.15, 0.2) is 29.4 Å². The van der Waals surface area contributed by atoms with E-state index in [2.05, 4.69) is 30.5 Å². The predicted octanol–water partition coefficient (Wildman–Crippen LogP) is 4.98. The second kappa shape index (κ2) is 13.8. The molecule has 1 aromatic rings. The molecule has 0 radical (unpaired) electrons. The molecule has 0 saturated heterocycles. The number of ether oxygens (including phenoxy) is 2. The molecule has 2 heterocycles. The number of allylic oxidation sites excluding steroid dienone is 3. The molecule has 7 rings (SSSR count). The molecule has 6 aliphatic rings. The van der Waals surface area contributed by atoms with E-state index in [0.29, 0.717) is 37.1 Å². The molecule has 8 nitrogen and oxygen atoms in total. The van der Waals surface area contributed by atoms with E-state index in [1.54, 1.807) is 13.0 Å². The zero-order valence-corrected chi connectivity index (χ0v) is 26.8. The molecule has 5 N–H and O–H groups in total. The zero-order valence-electron chi connectivity index (χ0n) is 26.8. The van der Waals surface area contributed by atoms with E-state index in [1.165, 1.54) is 18.4 Å². The number of hydrogen-bond acceptors (Lipinski definition) is 8. The van der Waals surface area contributed by atoms with Gasteiger partial charge in [0.25, 0.3) is 0 Å². The highest BCUT2D eigenvalue weighted by Crippen LogP contribution is 2.60. The van der Waals surface area contributed by atoms with Crippen molar-refractivity contribution in [1.82, 2.24) is 5.32 Å². The molecule has 4 aliphatic carbocycles. The van der Waals surface area contributed by atoms with Crippen molar-refractivity contribution in [2.45, 2.75) is 89.9 Å². The second-order valence-electron chi connectivity index (χ2n) is 13.7. The Hall–Kier alpha value is -2.91. The van der Waals surface area contributed by atoms with E-state index in [4.69, 9.17) is 14.5 Å². The molecule has 2 aliphatic heterocycles. The van der Waals surface area contributed by atoms with Crippen LogP contribution < -0.4 is 10.1 Å². The number of aliphatic hydroxyl groups excluding tert-OH is 3. The number of aromatic hydroxyl groups is 1. The van der Waals surface area contributed by atoms with E-state index in [0.717, 1.165) is 61.6 Å². The molecule has 0 aromatic heterocycles. The van der Waals surface area contributed by atoms with Crippen LogP contribution in [0.25, 0.3) is 0 Å². The Labute approximate surface area is 267 Å². The van der Waals surface area contributed by atoms with Crippen LogP contribution in [0.3, 0.4) is 0 Å². The average Bonchev–Trinajstić information content (AvgIpc) is 3.75. The normalized spacial score (nSPS) is 29.5. The van der Waals surface area contributed by atoms with E-state index in [1.807, 2.05) is 18.2 Å². The lowest BCUT2D eigenvalue weighted by molar-refractivity contribution is 0.119. The maximum atomic E-state index is 11.3. The van der Waals surface area contributed by atoms with E-state index >= 15 is 0 Å². The minimum Gasteiger partial charge on any atom is -0.592 e. The number of benzene rings is 1. The molecular weight excluding hydrogens is 568 g/mol.